The molecule has 0 amide bonds. The van der Waals surface area contributed by atoms with Gasteiger partial charge >= 0.3 is 0 Å². The highest BCUT2D eigenvalue weighted by molar-refractivity contribution is 5.28. The maximum atomic E-state index is 6.19. The van der Waals surface area contributed by atoms with Crippen molar-refractivity contribution in [2.45, 2.75) is 60.2 Å². The summed E-state index contributed by atoms with van der Waals surface area (Å²) in [5.41, 5.74) is 11.8. The molecule has 1 unspecified atom stereocenters. The summed E-state index contributed by atoms with van der Waals surface area (Å²) in [6, 6.07) is 2.20. The zero-order chi connectivity index (χ0) is 14.9. The van der Waals surface area contributed by atoms with Crippen LogP contribution in [0.3, 0.4) is 0 Å². The first-order valence-electron chi connectivity index (χ1n) is 7.30. The van der Waals surface area contributed by atoms with Gasteiger partial charge in [0, 0.05) is 23.8 Å². The maximum Gasteiger partial charge on any atom is 0.0831 e. The molecule has 2 heterocycles. The van der Waals surface area contributed by atoms with E-state index in [0.717, 1.165) is 30.9 Å². The lowest BCUT2D eigenvalue weighted by Gasteiger charge is -2.10. The summed E-state index contributed by atoms with van der Waals surface area (Å²) in [7, 11) is 0. The molecule has 110 valence electrons. The molecular weight excluding hydrogens is 250 g/mol. The number of hydrogen-bond acceptors (Lipinski definition) is 3. The predicted molar refractivity (Wildman–Crippen MR) is 80.7 cm³/mol. The molecule has 2 aromatic heterocycles. The average molecular weight is 275 g/mol. The van der Waals surface area contributed by atoms with Crippen LogP contribution in [0, 0.1) is 20.8 Å². The van der Waals surface area contributed by atoms with Crippen LogP contribution in [0.4, 0.5) is 0 Å². The van der Waals surface area contributed by atoms with Crippen molar-refractivity contribution in [3.8, 4) is 0 Å². The van der Waals surface area contributed by atoms with Crippen molar-refractivity contribution in [3.63, 3.8) is 0 Å². The van der Waals surface area contributed by atoms with Crippen molar-refractivity contribution < 1.29 is 0 Å². The molecule has 0 spiro atoms. The van der Waals surface area contributed by atoms with Gasteiger partial charge in [0.15, 0.2) is 0 Å². The molecule has 0 saturated heterocycles. The van der Waals surface area contributed by atoms with E-state index in [1.807, 2.05) is 23.2 Å². The first kappa shape index (κ1) is 14.8. The molecule has 0 aliphatic carbocycles. The molecule has 0 bridgehead atoms. The first-order chi connectivity index (χ1) is 9.47. The molecule has 2 N–H and O–H groups in total. The van der Waals surface area contributed by atoms with Gasteiger partial charge in [-0.2, -0.15) is 10.2 Å². The van der Waals surface area contributed by atoms with E-state index in [-0.39, 0.29) is 6.04 Å². The standard InChI is InChI=1S/C15H25N5/c1-6-14(16)15-11(4)18-20(12(15)5)9-13-8-10(3)17-19(13)7-2/h8,14H,6-7,9,16H2,1-5H3. The van der Waals surface area contributed by atoms with Gasteiger partial charge in [-0.05, 0) is 40.2 Å². The fourth-order valence-corrected chi connectivity index (χ4v) is 2.76. The van der Waals surface area contributed by atoms with E-state index in [2.05, 4.69) is 37.0 Å². The van der Waals surface area contributed by atoms with E-state index >= 15 is 0 Å². The molecule has 0 fully saturated rings. The number of nitrogens with zero attached hydrogens (tertiary/aromatic N) is 4. The largest absolute Gasteiger partial charge is 0.324 e. The molecule has 20 heavy (non-hydrogen) atoms. The lowest BCUT2D eigenvalue weighted by molar-refractivity contribution is 0.565. The molecule has 5 nitrogen and oxygen atoms in total. The third-order valence-corrected chi connectivity index (χ3v) is 3.84. The van der Waals surface area contributed by atoms with E-state index in [1.54, 1.807) is 0 Å². The minimum absolute atomic E-state index is 0.0709. The Balaban J connectivity index is 2.35. The van der Waals surface area contributed by atoms with Crippen molar-refractivity contribution in [2.75, 3.05) is 0 Å². The van der Waals surface area contributed by atoms with E-state index in [0.29, 0.717) is 0 Å². The quantitative estimate of drug-likeness (QED) is 0.912. The summed E-state index contributed by atoms with van der Waals surface area (Å²) in [4.78, 5) is 0. The van der Waals surface area contributed by atoms with Crippen LogP contribution in [-0.4, -0.2) is 19.6 Å². The van der Waals surface area contributed by atoms with Crippen molar-refractivity contribution in [3.05, 3.63) is 34.4 Å². The van der Waals surface area contributed by atoms with Crippen molar-refractivity contribution in [1.29, 1.82) is 0 Å². The lowest BCUT2D eigenvalue weighted by atomic mass is 10.0. The Labute approximate surface area is 120 Å². The molecule has 1 atom stereocenters. The van der Waals surface area contributed by atoms with Crippen molar-refractivity contribution in [1.82, 2.24) is 19.6 Å². The van der Waals surface area contributed by atoms with E-state index in [9.17, 15) is 0 Å². The fourth-order valence-electron chi connectivity index (χ4n) is 2.76. The molecule has 2 rings (SSSR count). The van der Waals surface area contributed by atoms with Gasteiger partial charge in [0.1, 0.15) is 0 Å². The van der Waals surface area contributed by atoms with Crippen molar-refractivity contribution >= 4 is 0 Å². The lowest BCUT2D eigenvalue weighted by Crippen LogP contribution is -2.13. The summed E-state index contributed by atoms with van der Waals surface area (Å²) >= 11 is 0. The van der Waals surface area contributed by atoms with Crippen LogP contribution < -0.4 is 5.73 Å². The zero-order valence-corrected chi connectivity index (χ0v) is 13.1. The van der Waals surface area contributed by atoms with E-state index in [1.165, 1.54) is 17.0 Å². The molecule has 0 aliphatic heterocycles. The van der Waals surface area contributed by atoms with Gasteiger partial charge in [-0.15, -0.1) is 0 Å². The second-order valence-electron chi connectivity index (χ2n) is 5.35. The van der Waals surface area contributed by atoms with E-state index in [4.69, 9.17) is 5.73 Å². The maximum absolute atomic E-state index is 6.19. The predicted octanol–water partition coefficient (Wildman–Crippen LogP) is 2.48. The summed E-state index contributed by atoms with van der Waals surface area (Å²) in [6.45, 7) is 12.0. The second-order valence-corrected chi connectivity index (χ2v) is 5.35. The normalized spacial score (nSPS) is 12.9. The highest BCUT2D eigenvalue weighted by atomic mass is 15.3. The van der Waals surface area contributed by atoms with Gasteiger partial charge in [-0.25, -0.2) is 0 Å². The number of nitrogens with two attached hydrogens (primary N) is 1. The smallest absolute Gasteiger partial charge is 0.0831 e. The van der Waals surface area contributed by atoms with Gasteiger partial charge in [0.25, 0.3) is 0 Å². The van der Waals surface area contributed by atoms with Crippen LogP contribution >= 0.6 is 0 Å². The Morgan fingerprint density at radius 2 is 1.85 bits per heavy atom. The van der Waals surface area contributed by atoms with Crippen LogP contribution in [0.15, 0.2) is 6.07 Å². The number of rotatable bonds is 5. The zero-order valence-electron chi connectivity index (χ0n) is 13.1. The van der Waals surface area contributed by atoms with Crippen LogP contribution in [0.5, 0.6) is 0 Å². The summed E-state index contributed by atoms with van der Waals surface area (Å²) in [6.07, 6.45) is 0.930. The summed E-state index contributed by atoms with van der Waals surface area (Å²) in [5, 5.41) is 9.14. The van der Waals surface area contributed by atoms with Crippen LogP contribution in [0.25, 0.3) is 0 Å². The molecule has 0 aliphatic rings. The molecular formula is C15H25N5. The summed E-state index contributed by atoms with van der Waals surface area (Å²) in [5.74, 6) is 0. The SMILES string of the molecule is CCC(N)c1c(C)nn(Cc2cc(C)nn2CC)c1C. The Kier molecular flexibility index (Phi) is 4.28. The molecule has 5 heteroatoms. The third kappa shape index (κ3) is 2.63. The Bertz CT molecular complexity index is 594. The Hall–Kier alpha value is -1.62. The van der Waals surface area contributed by atoms with Crippen molar-refractivity contribution in [2.24, 2.45) is 5.73 Å². The molecule has 0 aromatic carbocycles. The highest BCUT2D eigenvalue weighted by Crippen LogP contribution is 2.22. The minimum atomic E-state index is 0.0709. The van der Waals surface area contributed by atoms with E-state index < -0.39 is 0 Å². The third-order valence-electron chi connectivity index (χ3n) is 3.84. The van der Waals surface area contributed by atoms with Crippen LogP contribution in [0.1, 0.15) is 54.6 Å². The molecule has 0 saturated carbocycles. The second kappa shape index (κ2) is 5.79. The highest BCUT2D eigenvalue weighted by Gasteiger charge is 2.17. The first-order valence-corrected chi connectivity index (χ1v) is 7.30. The molecule has 2 aromatic rings. The van der Waals surface area contributed by atoms with Gasteiger partial charge in [-0.3, -0.25) is 9.36 Å². The monoisotopic (exact) mass is 275 g/mol. The Morgan fingerprint density at radius 1 is 1.15 bits per heavy atom. The van der Waals surface area contributed by atoms with Gasteiger partial charge in [-0.1, -0.05) is 6.92 Å². The molecule has 0 radical (unpaired) electrons. The number of aryl methyl sites for hydroxylation is 3. The van der Waals surface area contributed by atoms with Crippen LogP contribution in [0.2, 0.25) is 0 Å². The number of hydrogen-bond donors (Lipinski definition) is 1. The Morgan fingerprint density at radius 3 is 2.45 bits per heavy atom. The van der Waals surface area contributed by atoms with Gasteiger partial charge in [0.05, 0.1) is 23.6 Å². The average Bonchev–Trinajstić information content (AvgIpc) is 2.90. The van der Waals surface area contributed by atoms with Crippen LogP contribution in [-0.2, 0) is 13.1 Å². The van der Waals surface area contributed by atoms with Gasteiger partial charge in [0.2, 0.25) is 0 Å². The summed E-state index contributed by atoms with van der Waals surface area (Å²) < 4.78 is 4.08. The fraction of sp³-hybridized carbons (Fsp3) is 0.600. The topological polar surface area (TPSA) is 61.7 Å². The minimum Gasteiger partial charge on any atom is -0.324 e. The van der Waals surface area contributed by atoms with Gasteiger partial charge < -0.3 is 5.73 Å². The number of aromatic nitrogens is 4.